The van der Waals surface area contributed by atoms with Crippen LogP contribution in [0.2, 0.25) is 0 Å². The van der Waals surface area contributed by atoms with Crippen molar-refractivity contribution < 1.29 is 18.3 Å². The number of anilines is 1. The lowest BCUT2D eigenvalue weighted by atomic mass is 9.33. The molecule has 9 atom stereocenters. The molecule has 1 aromatic carbocycles. The third kappa shape index (κ3) is 6.04. The molecule has 2 saturated heterocycles. The zero-order chi connectivity index (χ0) is 36.6. The first kappa shape index (κ1) is 37.4. The van der Waals surface area contributed by atoms with Gasteiger partial charge in [-0.2, -0.15) is 0 Å². The number of fused-ring (bicyclic) bond motifs is 7. The van der Waals surface area contributed by atoms with Crippen LogP contribution in [0.15, 0.2) is 36.4 Å². The summed E-state index contributed by atoms with van der Waals surface area (Å²) in [6.07, 6.45) is 12.8. The number of carboxylic acid groups (broad SMARTS) is 1. The van der Waals surface area contributed by atoms with Crippen LogP contribution in [0.4, 0.5) is 5.69 Å². The molecule has 51 heavy (non-hydrogen) atoms. The molecule has 7 rings (SSSR count). The fourth-order valence-electron chi connectivity index (χ4n) is 14.3. The number of nitrogens with one attached hydrogen (secondary N) is 1. The highest BCUT2D eigenvalue weighted by atomic mass is 32.2. The normalized spacial score (nSPS) is 41.5. The molecule has 0 spiro atoms. The number of hydrogen-bond donors (Lipinski definition) is 2. The molecule has 2 heterocycles. The summed E-state index contributed by atoms with van der Waals surface area (Å²) in [4.78, 5) is 16.5. The summed E-state index contributed by atoms with van der Waals surface area (Å²) < 4.78 is 23.8. The second kappa shape index (κ2) is 13.1. The van der Waals surface area contributed by atoms with Crippen molar-refractivity contribution in [3.8, 4) is 0 Å². The Hall–Kier alpha value is -1.90. The molecule has 1 aromatic rings. The van der Waals surface area contributed by atoms with Crippen molar-refractivity contribution in [2.45, 2.75) is 111 Å². The summed E-state index contributed by atoms with van der Waals surface area (Å²) in [5.74, 6) is 3.11. The predicted molar refractivity (Wildman–Crippen MR) is 208 cm³/mol. The van der Waals surface area contributed by atoms with E-state index < -0.39 is 15.8 Å². The minimum Gasteiger partial charge on any atom is -0.478 e. The number of hydrogen-bond acceptors (Lipinski definition) is 6. The lowest BCUT2D eigenvalue weighted by molar-refractivity contribution is -0.227. The molecule has 0 aromatic heterocycles. The molecule has 2 N–H and O–H groups in total. The smallest absolute Gasteiger partial charge is 0.335 e. The van der Waals surface area contributed by atoms with E-state index in [0.717, 1.165) is 44.2 Å². The molecular formula is C43H67N3O4S. The van der Waals surface area contributed by atoms with Crippen LogP contribution in [0.3, 0.4) is 0 Å². The van der Waals surface area contributed by atoms with Crippen molar-refractivity contribution in [3.05, 3.63) is 42.0 Å². The van der Waals surface area contributed by atoms with E-state index in [1.54, 1.807) is 12.1 Å². The topological polar surface area (TPSA) is 90.0 Å². The molecule has 284 valence electrons. The number of carbonyl (C=O) groups is 1. The zero-order valence-corrected chi connectivity index (χ0v) is 33.4. The van der Waals surface area contributed by atoms with E-state index in [2.05, 4.69) is 63.2 Å². The number of carboxylic acids is 1. The number of piperidine rings is 1. The van der Waals surface area contributed by atoms with Crippen LogP contribution in [-0.4, -0.2) is 80.7 Å². The van der Waals surface area contributed by atoms with Gasteiger partial charge in [0.2, 0.25) is 0 Å². The van der Waals surface area contributed by atoms with Crippen LogP contribution in [0.25, 0.3) is 0 Å². The molecule has 1 unspecified atom stereocenters. The lowest BCUT2D eigenvalue weighted by Crippen LogP contribution is -2.70. The van der Waals surface area contributed by atoms with Crippen LogP contribution < -0.4 is 10.2 Å². The Labute approximate surface area is 309 Å². The molecule has 4 saturated carbocycles. The Bertz CT molecular complexity index is 1590. The monoisotopic (exact) mass is 721 g/mol. The summed E-state index contributed by atoms with van der Waals surface area (Å²) in [5, 5.41) is 13.5. The largest absolute Gasteiger partial charge is 0.478 e. The van der Waals surface area contributed by atoms with E-state index in [9.17, 15) is 18.3 Å². The van der Waals surface area contributed by atoms with E-state index in [4.69, 9.17) is 0 Å². The van der Waals surface area contributed by atoms with Gasteiger partial charge in [0.15, 0.2) is 9.84 Å². The van der Waals surface area contributed by atoms with Gasteiger partial charge in [0, 0.05) is 37.4 Å². The van der Waals surface area contributed by atoms with Crippen LogP contribution >= 0.6 is 0 Å². The summed E-state index contributed by atoms with van der Waals surface area (Å²) in [5.41, 5.74) is 4.16. The van der Waals surface area contributed by atoms with Gasteiger partial charge in [0.25, 0.3) is 0 Å². The second-order valence-electron chi connectivity index (χ2n) is 19.5. The third-order valence-corrected chi connectivity index (χ3v) is 18.7. The van der Waals surface area contributed by atoms with Gasteiger partial charge in [0.05, 0.1) is 17.1 Å². The quantitative estimate of drug-likeness (QED) is 0.198. The first-order chi connectivity index (χ1) is 24.0. The fraction of sp³-hybridized carbons (Fsp3) is 0.791. The molecule has 4 aliphatic carbocycles. The highest BCUT2D eigenvalue weighted by Gasteiger charge is 2.70. The van der Waals surface area contributed by atoms with Crippen LogP contribution in [-0.2, 0) is 9.84 Å². The number of aromatic carboxylic acids is 1. The Morgan fingerprint density at radius 2 is 1.59 bits per heavy atom. The molecule has 0 radical (unpaired) electrons. The van der Waals surface area contributed by atoms with Gasteiger partial charge in [-0.05, 0) is 174 Å². The van der Waals surface area contributed by atoms with Crippen molar-refractivity contribution in [2.24, 2.45) is 51.2 Å². The molecule has 0 bridgehead atoms. The SMILES string of the molecule is C=C(C)[C@@H]1CCC2(CNCCCN3CCS(=O)(=O)CC3)CC[C@]3(C)[C@H](CC[C@@H]4[C@@]5(C)CCN(c6ccc(C(=O)O)cc6)C(C)(C)[C@@H]5CC[C@]43C)[C@@H]12. The van der Waals surface area contributed by atoms with Crippen LogP contribution in [0, 0.1) is 51.2 Å². The zero-order valence-electron chi connectivity index (χ0n) is 32.6. The van der Waals surface area contributed by atoms with Crippen molar-refractivity contribution in [1.82, 2.24) is 10.2 Å². The maximum Gasteiger partial charge on any atom is 0.335 e. The van der Waals surface area contributed by atoms with Crippen molar-refractivity contribution in [1.29, 1.82) is 0 Å². The summed E-state index contributed by atoms with van der Waals surface area (Å²) in [6.45, 7) is 25.5. The van der Waals surface area contributed by atoms with Crippen LogP contribution in [0.5, 0.6) is 0 Å². The minimum absolute atomic E-state index is 0.00753. The molecular weight excluding hydrogens is 655 g/mol. The van der Waals surface area contributed by atoms with Gasteiger partial charge in [-0.1, -0.05) is 32.9 Å². The number of rotatable bonds is 9. The maximum absolute atomic E-state index is 11.9. The van der Waals surface area contributed by atoms with E-state index >= 15 is 0 Å². The highest BCUT2D eigenvalue weighted by Crippen LogP contribution is 2.76. The van der Waals surface area contributed by atoms with E-state index in [-0.39, 0.29) is 11.0 Å². The average Bonchev–Trinajstić information content (AvgIpc) is 3.45. The Balaban J connectivity index is 1.08. The molecule has 7 nitrogen and oxygen atoms in total. The summed E-state index contributed by atoms with van der Waals surface area (Å²) >= 11 is 0. The molecule has 8 heteroatoms. The van der Waals surface area contributed by atoms with Gasteiger partial charge >= 0.3 is 5.97 Å². The maximum atomic E-state index is 11.9. The fourth-order valence-corrected chi connectivity index (χ4v) is 15.6. The van der Waals surface area contributed by atoms with E-state index in [1.165, 1.54) is 63.4 Å². The molecule has 6 aliphatic rings. The van der Waals surface area contributed by atoms with Crippen molar-refractivity contribution in [3.63, 3.8) is 0 Å². The van der Waals surface area contributed by atoms with Gasteiger partial charge in [-0.25, -0.2) is 13.2 Å². The second-order valence-corrected chi connectivity index (χ2v) is 21.8. The van der Waals surface area contributed by atoms with Gasteiger partial charge in [-0.3, -0.25) is 0 Å². The van der Waals surface area contributed by atoms with E-state index in [0.29, 0.717) is 70.1 Å². The molecule has 2 aliphatic heterocycles. The number of benzene rings is 1. The average molecular weight is 722 g/mol. The standard InChI is InChI=1S/C43H67N3O4S/c1-30(2)33-15-18-43(29-44-22-8-23-45-25-27-51(49,50)28-26-45)20-19-41(6)34(37(33)43)13-14-36-40(5)21-24-46(32-11-9-31(10-12-32)38(47)48)39(3,4)35(40)16-17-42(36,41)7/h9-12,33-37,44H,1,8,13-29H2,2-7H3,(H,47,48)/t33-,34+,35-,36+,37+,40-,41+,42+,43?/m0/s1. The first-order valence-electron chi connectivity index (χ1n) is 20.4. The van der Waals surface area contributed by atoms with Gasteiger partial charge < -0.3 is 20.2 Å². The third-order valence-electron chi connectivity index (χ3n) is 17.1. The first-order valence-corrected chi connectivity index (χ1v) is 22.2. The predicted octanol–water partition coefficient (Wildman–Crippen LogP) is 7.92. The van der Waals surface area contributed by atoms with Gasteiger partial charge in [-0.15, -0.1) is 0 Å². The Morgan fingerprint density at radius 1 is 0.882 bits per heavy atom. The van der Waals surface area contributed by atoms with Gasteiger partial charge in [0.1, 0.15) is 0 Å². The lowest BCUT2D eigenvalue weighted by Gasteiger charge is -2.73. The summed E-state index contributed by atoms with van der Waals surface area (Å²) in [6, 6.07) is 7.60. The Kier molecular flexibility index (Phi) is 9.64. The van der Waals surface area contributed by atoms with Crippen molar-refractivity contribution >= 4 is 21.5 Å². The van der Waals surface area contributed by atoms with Crippen molar-refractivity contribution in [2.75, 3.05) is 55.7 Å². The van der Waals surface area contributed by atoms with Crippen LogP contribution in [0.1, 0.15) is 116 Å². The summed E-state index contributed by atoms with van der Waals surface area (Å²) in [7, 11) is -2.83. The number of nitrogens with zero attached hydrogens (tertiary/aromatic N) is 2. The molecule has 6 fully saturated rings. The molecule has 0 amide bonds. The number of sulfone groups is 1. The Morgan fingerprint density at radius 3 is 2.25 bits per heavy atom. The minimum atomic E-state index is -2.83. The highest BCUT2D eigenvalue weighted by molar-refractivity contribution is 7.91. The number of allylic oxidation sites excluding steroid dienone is 1. The van der Waals surface area contributed by atoms with E-state index in [1.807, 2.05) is 12.1 Å².